The van der Waals surface area contributed by atoms with E-state index in [9.17, 15) is 9.50 Å². The standard InChI is InChI=1S/C14H12BrFOS/c1-9(17)10-5-6-14(13(15)7-10)18-12-4-2-3-11(16)8-12/h2-9,17H,1H3. The number of aliphatic hydroxyl groups excluding tert-OH is 1. The normalized spacial score (nSPS) is 12.4. The lowest BCUT2D eigenvalue weighted by Gasteiger charge is -2.09. The van der Waals surface area contributed by atoms with Crippen molar-refractivity contribution in [3.8, 4) is 0 Å². The van der Waals surface area contributed by atoms with Gasteiger partial charge < -0.3 is 5.11 Å². The summed E-state index contributed by atoms with van der Waals surface area (Å²) in [6.45, 7) is 1.72. The molecule has 0 heterocycles. The van der Waals surface area contributed by atoms with Gasteiger partial charge in [-0.1, -0.05) is 23.9 Å². The highest BCUT2D eigenvalue weighted by Gasteiger charge is 2.07. The third-order valence-electron chi connectivity index (χ3n) is 2.46. The Balaban J connectivity index is 2.24. The zero-order valence-electron chi connectivity index (χ0n) is 9.73. The maximum atomic E-state index is 13.1. The topological polar surface area (TPSA) is 20.2 Å². The van der Waals surface area contributed by atoms with Crippen molar-refractivity contribution in [1.82, 2.24) is 0 Å². The third kappa shape index (κ3) is 3.34. The van der Waals surface area contributed by atoms with Gasteiger partial charge in [-0.2, -0.15) is 0 Å². The fourth-order valence-corrected chi connectivity index (χ4v) is 3.02. The minimum atomic E-state index is -0.491. The number of hydrogen-bond donors (Lipinski definition) is 1. The first kappa shape index (κ1) is 13.6. The highest BCUT2D eigenvalue weighted by atomic mass is 79.9. The predicted molar refractivity (Wildman–Crippen MR) is 75.3 cm³/mol. The van der Waals surface area contributed by atoms with Crippen LogP contribution in [0.4, 0.5) is 4.39 Å². The molecule has 0 aromatic heterocycles. The van der Waals surface area contributed by atoms with E-state index >= 15 is 0 Å². The summed E-state index contributed by atoms with van der Waals surface area (Å²) in [7, 11) is 0. The Bertz CT molecular complexity index is 557. The van der Waals surface area contributed by atoms with E-state index in [0.717, 1.165) is 19.8 Å². The quantitative estimate of drug-likeness (QED) is 0.874. The van der Waals surface area contributed by atoms with Crippen LogP contribution in [0, 0.1) is 5.82 Å². The maximum absolute atomic E-state index is 13.1. The molecule has 2 aromatic rings. The van der Waals surface area contributed by atoms with Gasteiger partial charge in [-0.3, -0.25) is 0 Å². The van der Waals surface area contributed by atoms with E-state index in [1.165, 1.54) is 23.9 Å². The van der Waals surface area contributed by atoms with E-state index in [4.69, 9.17) is 0 Å². The molecule has 0 saturated carbocycles. The molecule has 0 radical (unpaired) electrons. The molecule has 0 aliphatic rings. The minimum absolute atomic E-state index is 0.239. The highest BCUT2D eigenvalue weighted by molar-refractivity contribution is 9.10. The monoisotopic (exact) mass is 326 g/mol. The lowest BCUT2D eigenvalue weighted by Crippen LogP contribution is -1.90. The van der Waals surface area contributed by atoms with Crippen LogP contribution in [0.3, 0.4) is 0 Å². The van der Waals surface area contributed by atoms with Crippen LogP contribution in [-0.4, -0.2) is 5.11 Å². The lowest BCUT2D eigenvalue weighted by atomic mass is 10.1. The van der Waals surface area contributed by atoms with E-state index in [0.29, 0.717) is 0 Å². The summed E-state index contributed by atoms with van der Waals surface area (Å²) in [5, 5.41) is 9.49. The molecule has 0 aliphatic carbocycles. The molecule has 2 aromatic carbocycles. The summed E-state index contributed by atoms with van der Waals surface area (Å²) in [6.07, 6.45) is -0.491. The van der Waals surface area contributed by atoms with Gasteiger partial charge in [0.15, 0.2) is 0 Å². The van der Waals surface area contributed by atoms with Gasteiger partial charge in [0, 0.05) is 14.3 Å². The van der Waals surface area contributed by atoms with Crippen LogP contribution in [0.5, 0.6) is 0 Å². The lowest BCUT2D eigenvalue weighted by molar-refractivity contribution is 0.199. The smallest absolute Gasteiger partial charge is 0.124 e. The van der Waals surface area contributed by atoms with Gasteiger partial charge in [-0.05, 0) is 58.7 Å². The third-order valence-corrected chi connectivity index (χ3v) is 4.45. The van der Waals surface area contributed by atoms with E-state index in [2.05, 4.69) is 15.9 Å². The number of aliphatic hydroxyl groups is 1. The van der Waals surface area contributed by atoms with Gasteiger partial charge in [0.25, 0.3) is 0 Å². The van der Waals surface area contributed by atoms with Crippen molar-refractivity contribution in [2.75, 3.05) is 0 Å². The fraction of sp³-hybridized carbons (Fsp3) is 0.143. The Hall–Kier alpha value is -0.840. The molecule has 0 fully saturated rings. The number of rotatable bonds is 3. The molecule has 0 saturated heterocycles. The van der Waals surface area contributed by atoms with E-state index < -0.39 is 6.10 Å². The van der Waals surface area contributed by atoms with Crippen LogP contribution in [-0.2, 0) is 0 Å². The molecule has 1 atom stereocenters. The summed E-state index contributed by atoms with van der Waals surface area (Å²) in [5.74, 6) is -0.239. The first-order valence-corrected chi connectivity index (χ1v) is 7.08. The fourth-order valence-electron chi connectivity index (χ4n) is 1.52. The van der Waals surface area contributed by atoms with Gasteiger partial charge in [0.05, 0.1) is 6.10 Å². The molecule has 18 heavy (non-hydrogen) atoms. The van der Waals surface area contributed by atoms with Crippen molar-refractivity contribution in [3.05, 3.63) is 58.3 Å². The average molecular weight is 327 g/mol. The molecule has 1 nitrogen and oxygen atoms in total. The molecule has 94 valence electrons. The van der Waals surface area contributed by atoms with Gasteiger partial charge >= 0.3 is 0 Å². The molecule has 0 spiro atoms. The largest absolute Gasteiger partial charge is 0.389 e. The van der Waals surface area contributed by atoms with E-state index in [1.807, 2.05) is 24.3 Å². The summed E-state index contributed by atoms with van der Waals surface area (Å²) in [5.41, 5.74) is 0.852. The number of halogens is 2. The van der Waals surface area contributed by atoms with Crippen molar-refractivity contribution >= 4 is 27.7 Å². The number of benzene rings is 2. The Morgan fingerprint density at radius 3 is 2.61 bits per heavy atom. The highest BCUT2D eigenvalue weighted by Crippen LogP contribution is 2.35. The second-order valence-corrected chi connectivity index (χ2v) is 5.89. The zero-order chi connectivity index (χ0) is 13.1. The van der Waals surface area contributed by atoms with Gasteiger partial charge in [0.1, 0.15) is 5.82 Å². The van der Waals surface area contributed by atoms with Gasteiger partial charge in [0.2, 0.25) is 0 Å². The molecular formula is C14H12BrFOS. The van der Waals surface area contributed by atoms with Crippen LogP contribution in [0.2, 0.25) is 0 Å². The van der Waals surface area contributed by atoms with E-state index in [-0.39, 0.29) is 5.82 Å². The number of hydrogen-bond acceptors (Lipinski definition) is 2. The first-order valence-electron chi connectivity index (χ1n) is 5.47. The molecule has 0 bridgehead atoms. The second kappa shape index (κ2) is 5.87. The second-order valence-electron chi connectivity index (χ2n) is 3.93. The molecule has 4 heteroatoms. The Morgan fingerprint density at radius 2 is 2.00 bits per heavy atom. The van der Waals surface area contributed by atoms with Crippen LogP contribution in [0.15, 0.2) is 56.7 Å². The van der Waals surface area contributed by atoms with Crippen LogP contribution >= 0.6 is 27.7 Å². The van der Waals surface area contributed by atoms with Crippen LogP contribution in [0.1, 0.15) is 18.6 Å². The van der Waals surface area contributed by atoms with Gasteiger partial charge in [-0.15, -0.1) is 0 Å². The van der Waals surface area contributed by atoms with Crippen molar-refractivity contribution in [2.24, 2.45) is 0 Å². The molecule has 1 unspecified atom stereocenters. The van der Waals surface area contributed by atoms with Crippen molar-refractivity contribution in [1.29, 1.82) is 0 Å². The summed E-state index contributed by atoms with van der Waals surface area (Å²) >= 11 is 4.95. The van der Waals surface area contributed by atoms with Crippen LogP contribution in [0.25, 0.3) is 0 Å². The van der Waals surface area contributed by atoms with Crippen LogP contribution < -0.4 is 0 Å². The molecule has 2 rings (SSSR count). The molecular weight excluding hydrogens is 315 g/mol. The molecule has 0 amide bonds. The molecule has 0 aliphatic heterocycles. The molecule has 1 N–H and O–H groups in total. The Labute approximate surface area is 118 Å². The maximum Gasteiger partial charge on any atom is 0.124 e. The zero-order valence-corrected chi connectivity index (χ0v) is 12.1. The average Bonchev–Trinajstić information content (AvgIpc) is 2.31. The van der Waals surface area contributed by atoms with Crippen molar-refractivity contribution in [2.45, 2.75) is 22.8 Å². The van der Waals surface area contributed by atoms with E-state index in [1.54, 1.807) is 13.0 Å². The van der Waals surface area contributed by atoms with Crippen molar-refractivity contribution in [3.63, 3.8) is 0 Å². The first-order chi connectivity index (χ1) is 8.56. The minimum Gasteiger partial charge on any atom is -0.389 e. The van der Waals surface area contributed by atoms with Gasteiger partial charge in [-0.25, -0.2) is 4.39 Å². The Morgan fingerprint density at radius 1 is 1.22 bits per heavy atom. The van der Waals surface area contributed by atoms with Crippen molar-refractivity contribution < 1.29 is 9.50 Å². The summed E-state index contributed by atoms with van der Waals surface area (Å²) in [6, 6.07) is 12.2. The SMILES string of the molecule is CC(O)c1ccc(Sc2cccc(F)c2)c(Br)c1. The Kier molecular flexibility index (Phi) is 4.43. The summed E-state index contributed by atoms with van der Waals surface area (Å²) in [4.78, 5) is 1.84. The predicted octanol–water partition coefficient (Wildman–Crippen LogP) is 4.79. The summed E-state index contributed by atoms with van der Waals surface area (Å²) < 4.78 is 14.0.